The zero-order valence-corrected chi connectivity index (χ0v) is 10.2. The van der Waals surface area contributed by atoms with E-state index in [1.165, 1.54) is 0 Å². The lowest BCUT2D eigenvalue weighted by Crippen LogP contribution is -2.07. The summed E-state index contributed by atoms with van der Waals surface area (Å²) < 4.78 is 7.43. The lowest BCUT2D eigenvalue weighted by molar-refractivity contribution is 0.0556. The van der Waals surface area contributed by atoms with E-state index in [1.807, 2.05) is 6.20 Å². The molecule has 80 valence electrons. The van der Waals surface area contributed by atoms with Crippen molar-refractivity contribution >= 4 is 34.2 Å². The van der Waals surface area contributed by atoms with Gasteiger partial charge >= 0.3 is 5.97 Å². The summed E-state index contributed by atoms with van der Waals surface area (Å²) >= 11 is 2.12. The number of nitrogens with zero attached hydrogens (tertiary/aromatic N) is 3. The molecule has 0 spiro atoms. The summed E-state index contributed by atoms with van der Waals surface area (Å²) in [7, 11) is 0. The van der Waals surface area contributed by atoms with E-state index in [0.717, 1.165) is 3.70 Å². The number of fused-ring (bicyclic) bond motifs is 1. The lowest BCUT2D eigenvalue weighted by Gasteiger charge is -2.02. The molecule has 0 aliphatic heterocycles. The zero-order valence-electron chi connectivity index (χ0n) is 8.05. The molecular weight excluding hydrogens is 321 g/mol. The van der Waals surface area contributed by atoms with Crippen molar-refractivity contribution in [3.05, 3.63) is 33.8 Å². The first-order valence-corrected chi connectivity index (χ1v) is 5.47. The van der Waals surface area contributed by atoms with Crippen LogP contribution in [-0.4, -0.2) is 22.0 Å². The van der Waals surface area contributed by atoms with Crippen molar-refractivity contribution in [3.8, 4) is 6.07 Å². The number of pyridine rings is 1. The van der Waals surface area contributed by atoms with Crippen LogP contribution in [-0.2, 0) is 4.74 Å². The van der Waals surface area contributed by atoms with Gasteiger partial charge in [-0.05, 0) is 34.7 Å². The number of carbonyl (C=O) groups excluding carboxylic acids is 1. The van der Waals surface area contributed by atoms with Crippen LogP contribution in [0.25, 0.3) is 5.65 Å². The maximum atomic E-state index is 11.6. The van der Waals surface area contributed by atoms with E-state index >= 15 is 0 Å². The number of imidazole rings is 1. The molecule has 2 heterocycles. The molecule has 16 heavy (non-hydrogen) atoms. The minimum atomic E-state index is -0.533. The number of rotatable bonds is 2. The minimum Gasteiger partial charge on any atom is -0.447 e. The number of nitriles is 1. The Balaban J connectivity index is 2.45. The predicted molar refractivity (Wildman–Crippen MR) is 63.8 cm³/mol. The summed E-state index contributed by atoms with van der Waals surface area (Å²) in [5.41, 5.74) is 0.899. The average Bonchev–Trinajstić information content (AvgIpc) is 2.68. The molecule has 0 saturated heterocycles. The molecule has 0 amide bonds. The summed E-state index contributed by atoms with van der Waals surface area (Å²) in [6.45, 7) is -0.252. The average molecular weight is 327 g/mol. The number of hydrogen-bond donors (Lipinski definition) is 0. The van der Waals surface area contributed by atoms with Gasteiger partial charge in [0.25, 0.3) is 0 Å². The standard InChI is InChI=1S/C10H6IN3O2/c11-8-6-13-9-7(2-1-4-14(8)9)10(15)16-5-3-12/h1-2,4,6H,5H2. The third-order valence-corrected chi connectivity index (χ3v) is 2.78. The molecule has 2 aromatic rings. The highest BCUT2D eigenvalue weighted by atomic mass is 127. The summed E-state index contributed by atoms with van der Waals surface area (Å²) in [4.78, 5) is 15.7. The van der Waals surface area contributed by atoms with Crippen molar-refractivity contribution < 1.29 is 9.53 Å². The SMILES string of the molecule is N#CCOC(=O)c1cccn2c(I)cnc12. The van der Waals surface area contributed by atoms with Crippen LogP contribution in [0.4, 0.5) is 0 Å². The maximum absolute atomic E-state index is 11.6. The van der Waals surface area contributed by atoms with Gasteiger partial charge in [-0.1, -0.05) is 0 Å². The number of ether oxygens (including phenoxy) is 1. The Morgan fingerprint density at radius 2 is 2.50 bits per heavy atom. The Kier molecular flexibility index (Phi) is 3.05. The molecular formula is C10H6IN3O2. The quantitative estimate of drug-likeness (QED) is 0.621. The van der Waals surface area contributed by atoms with E-state index in [-0.39, 0.29) is 6.61 Å². The van der Waals surface area contributed by atoms with Crippen molar-refractivity contribution in [2.45, 2.75) is 0 Å². The second kappa shape index (κ2) is 4.49. The lowest BCUT2D eigenvalue weighted by atomic mass is 10.3. The van der Waals surface area contributed by atoms with E-state index in [0.29, 0.717) is 11.2 Å². The summed E-state index contributed by atoms with van der Waals surface area (Å²) in [5.74, 6) is -0.533. The van der Waals surface area contributed by atoms with E-state index in [4.69, 9.17) is 10.00 Å². The molecule has 0 saturated carbocycles. The topological polar surface area (TPSA) is 67.4 Å². The Morgan fingerprint density at radius 1 is 1.69 bits per heavy atom. The van der Waals surface area contributed by atoms with Crippen LogP contribution in [0.2, 0.25) is 0 Å². The molecule has 0 N–H and O–H groups in total. The molecule has 0 atom stereocenters. The molecule has 0 aliphatic rings. The number of aromatic nitrogens is 2. The van der Waals surface area contributed by atoms with Crippen molar-refractivity contribution in [1.29, 1.82) is 5.26 Å². The van der Waals surface area contributed by atoms with Gasteiger partial charge in [-0.25, -0.2) is 9.78 Å². The Bertz CT molecular complexity index is 585. The fourth-order valence-corrected chi connectivity index (χ4v) is 1.84. The first-order valence-electron chi connectivity index (χ1n) is 4.39. The first-order chi connectivity index (χ1) is 7.74. The van der Waals surface area contributed by atoms with Crippen LogP contribution in [0.1, 0.15) is 10.4 Å². The van der Waals surface area contributed by atoms with Gasteiger partial charge in [-0.15, -0.1) is 0 Å². The van der Waals surface area contributed by atoms with E-state index in [1.54, 1.807) is 28.8 Å². The van der Waals surface area contributed by atoms with Gasteiger partial charge in [0.15, 0.2) is 12.3 Å². The predicted octanol–water partition coefficient (Wildman–Crippen LogP) is 1.62. The number of hydrogen-bond acceptors (Lipinski definition) is 4. The molecule has 5 nitrogen and oxygen atoms in total. The van der Waals surface area contributed by atoms with Crippen LogP contribution in [0.15, 0.2) is 24.5 Å². The van der Waals surface area contributed by atoms with Gasteiger partial charge in [0.05, 0.1) is 6.20 Å². The molecule has 0 aromatic carbocycles. The van der Waals surface area contributed by atoms with Crippen LogP contribution in [0, 0.1) is 15.0 Å². The maximum Gasteiger partial charge on any atom is 0.342 e. The largest absolute Gasteiger partial charge is 0.447 e. The Hall–Kier alpha value is -1.62. The molecule has 0 unspecified atom stereocenters. The fourth-order valence-electron chi connectivity index (χ4n) is 1.32. The smallest absolute Gasteiger partial charge is 0.342 e. The molecule has 2 aromatic heterocycles. The van der Waals surface area contributed by atoms with Crippen LogP contribution in [0.5, 0.6) is 0 Å². The minimum absolute atomic E-state index is 0.252. The first kappa shape index (κ1) is 10.9. The molecule has 6 heteroatoms. The van der Waals surface area contributed by atoms with Gasteiger partial charge in [0.1, 0.15) is 15.3 Å². The van der Waals surface area contributed by atoms with E-state index in [2.05, 4.69) is 27.6 Å². The summed E-state index contributed by atoms with van der Waals surface area (Å²) in [6.07, 6.45) is 3.47. The van der Waals surface area contributed by atoms with Gasteiger partial charge in [-0.3, -0.25) is 4.40 Å². The van der Waals surface area contributed by atoms with Crippen LogP contribution < -0.4 is 0 Å². The second-order valence-electron chi connectivity index (χ2n) is 2.93. The van der Waals surface area contributed by atoms with E-state index < -0.39 is 5.97 Å². The normalized spacial score (nSPS) is 10.0. The van der Waals surface area contributed by atoms with Crippen LogP contribution >= 0.6 is 22.6 Å². The van der Waals surface area contributed by atoms with Crippen molar-refractivity contribution in [1.82, 2.24) is 9.38 Å². The molecule has 0 fully saturated rings. The molecule has 2 rings (SSSR count). The monoisotopic (exact) mass is 327 g/mol. The van der Waals surface area contributed by atoms with Crippen molar-refractivity contribution in [2.75, 3.05) is 6.61 Å². The zero-order chi connectivity index (χ0) is 11.5. The number of carbonyl (C=O) groups is 1. The molecule has 0 bridgehead atoms. The summed E-state index contributed by atoms with van der Waals surface area (Å²) in [5, 5.41) is 8.33. The third-order valence-electron chi connectivity index (χ3n) is 1.98. The third kappa shape index (κ3) is 1.86. The van der Waals surface area contributed by atoms with Gasteiger partial charge in [-0.2, -0.15) is 5.26 Å². The van der Waals surface area contributed by atoms with Gasteiger partial charge < -0.3 is 4.74 Å². The highest BCUT2D eigenvalue weighted by Gasteiger charge is 2.13. The Morgan fingerprint density at radius 3 is 3.25 bits per heavy atom. The van der Waals surface area contributed by atoms with Gasteiger partial charge in [0.2, 0.25) is 0 Å². The fraction of sp³-hybridized carbons (Fsp3) is 0.100. The summed E-state index contributed by atoms with van der Waals surface area (Å²) in [6, 6.07) is 5.11. The van der Waals surface area contributed by atoms with Crippen molar-refractivity contribution in [3.63, 3.8) is 0 Å². The Labute approximate surface area is 105 Å². The molecule has 0 radical (unpaired) electrons. The highest BCUT2D eigenvalue weighted by Crippen LogP contribution is 2.14. The van der Waals surface area contributed by atoms with Gasteiger partial charge in [0, 0.05) is 6.20 Å². The number of esters is 1. The number of halogens is 1. The van der Waals surface area contributed by atoms with E-state index in [9.17, 15) is 4.79 Å². The highest BCUT2D eigenvalue weighted by molar-refractivity contribution is 14.1. The molecule has 0 aliphatic carbocycles. The second-order valence-corrected chi connectivity index (χ2v) is 4.04. The van der Waals surface area contributed by atoms with Crippen LogP contribution in [0.3, 0.4) is 0 Å². The van der Waals surface area contributed by atoms with Crippen molar-refractivity contribution in [2.24, 2.45) is 0 Å².